The first-order valence-electron chi connectivity index (χ1n) is 8.10. The minimum absolute atomic E-state index is 0.953. The molecule has 2 nitrogen and oxygen atoms in total. The van der Waals surface area contributed by atoms with Crippen molar-refractivity contribution in [2.75, 3.05) is 39.8 Å². The average Bonchev–Trinajstić information content (AvgIpc) is 2.41. The molecule has 1 aliphatic carbocycles. The smallest absolute Gasteiger partial charge is 0.0110 e. The molecule has 1 unspecified atom stereocenters. The Morgan fingerprint density at radius 1 is 1.00 bits per heavy atom. The molecule has 1 atom stereocenters. The molecule has 2 heteroatoms. The van der Waals surface area contributed by atoms with E-state index in [0.29, 0.717) is 0 Å². The zero-order valence-electron chi connectivity index (χ0n) is 12.7. The maximum atomic E-state index is 2.70. The average molecular weight is 252 g/mol. The highest BCUT2D eigenvalue weighted by atomic mass is 15.2. The Balaban J connectivity index is 1.67. The van der Waals surface area contributed by atoms with Crippen LogP contribution in [0.5, 0.6) is 0 Å². The van der Waals surface area contributed by atoms with Crippen LogP contribution in [0.1, 0.15) is 46.0 Å². The van der Waals surface area contributed by atoms with E-state index in [1.54, 1.807) is 0 Å². The zero-order valence-corrected chi connectivity index (χ0v) is 12.7. The third-order valence-corrected chi connectivity index (χ3v) is 5.45. The van der Waals surface area contributed by atoms with Crippen LogP contribution in [0.25, 0.3) is 0 Å². The molecule has 0 amide bonds. The van der Waals surface area contributed by atoms with E-state index in [2.05, 4.69) is 30.7 Å². The molecule has 1 aliphatic heterocycles. The fourth-order valence-corrected chi connectivity index (χ4v) is 3.67. The molecule has 1 saturated heterocycles. The standard InChI is InChI=1S/C16H32N2/c1-4-14(2)16-7-5-15(6-8-16)13-18-11-9-17(3)10-12-18/h14-16H,4-13H2,1-3H3. The highest BCUT2D eigenvalue weighted by Gasteiger charge is 2.26. The van der Waals surface area contributed by atoms with Crippen LogP contribution >= 0.6 is 0 Å². The summed E-state index contributed by atoms with van der Waals surface area (Å²) < 4.78 is 0. The van der Waals surface area contributed by atoms with Gasteiger partial charge < -0.3 is 9.80 Å². The van der Waals surface area contributed by atoms with E-state index in [-0.39, 0.29) is 0 Å². The summed E-state index contributed by atoms with van der Waals surface area (Å²) in [5, 5.41) is 0. The molecule has 18 heavy (non-hydrogen) atoms. The van der Waals surface area contributed by atoms with Crippen LogP contribution in [0.4, 0.5) is 0 Å². The van der Waals surface area contributed by atoms with E-state index >= 15 is 0 Å². The molecule has 2 aliphatic rings. The van der Waals surface area contributed by atoms with Crippen molar-refractivity contribution >= 4 is 0 Å². The second-order valence-electron chi connectivity index (χ2n) is 6.77. The van der Waals surface area contributed by atoms with Gasteiger partial charge in [-0.15, -0.1) is 0 Å². The van der Waals surface area contributed by atoms with Crippen molar-refractivity contribution in [3.63, 3.8) is 0 Å². The predicted octanol–water partition coefficient (Wildman–Crippen LogP) is 3.09. The summed E-state index contributed by atoms with van der Waals surface area (Å²) in [6.45, 7) is 11.3. The van der Waals surface area contributed by atoms with Gasteiger partial charge in [-0.1, -0.05) is 20.3 Å². The van der Waals surface area contributed by atoms with Gasteiger partial charge in [0.05, 0.1) is 0 Å². The quantitative estimate of drug-likeness (QED) is 0.758. The SMILES string of the molecule is CCC(C)C1CCC(CN2CCN(C)CC2)CC1. The van der Waals surface area contributed by atoms with Crippen molar-refractivity contribution < 1.29 is 0 Å². The number of rotatable bonds is 4. The molecule has 2 fully saturated rings. The fraction of sp³-hybridized carbons (Fsp3) is 1.00. The lowest BCUT2D eigenvalue weighted by Crippen LogP contribution is -2.46. The molecule has 1 saturated carbocycles. The molecule has 0 radical (unpaired) electrons. The zero-order chi connectivity index (χ0) is 13.0. The first kappa shape index (κ1) is 14.3. The summed E-state index contributed by atoms with van der Waals surface area (Å²) in [5.41, 5.74) is 0. The molecular weight excluding hydrogens is 220 g/mol. The summed E-state index contributed by atoms with van der Waals surface area (Å²) in [5.74, 6) is 2.97. The van der Waals surface area contributed by atoms with Gasteiger partial charge in [-0.2, -0.15) is 0 Å². The summed E-state index contributed by atoms with van der Waals surface area (Å²) in [7, 11) is 2.24. The summed E-state index contributed by atoms with van der Waals surface area (Å²) in [4.78, 5) is 5.16. The Hall–Kier alpha value is -0.0800. The van der Waals surface area contributed by atoms with E-state index in [9.17, 15) is 0 Å². The van der Waals surface area contributed by atoms with Crippen LogP contribution in [-0.4, -0.2) is 49.6 Å². The van der Waals surface area contributed by atoms with Gasteiger partial charge in [0.1, 0.15) is 0 Å². The lowest BCUT2D eigenvalue weighted by Gasteiger charge is -2.37. The molecule has 0 aromatic carbocycles. The van der Waals surface area contributed by atoms with Crippen molar-refractivity contribution in [3.8, 4) is 0 Å². The molecule has 1 heterocycles. The minimum Gasteiger partial charge on any atom is -0.304 e. The summed E-state index contributed by atoms with van der Waals surface area (Å²) in [6.07, 6.45) is 7.33. The minimum atomic E-state index is 0.953. The van der Waals surface area contributed by atoms with Gasteiger partial charge in [0.25, 0.3) is 0 Å². The number of nitrogens with zero attached hydrogens (tertiary/aromatic N) is 2. The third-order valence-electron chi connectivity index (χ3n) is 5.45. The van der Waals surface area contributed by atoms with Crippen LogP contribution in [0.15, 0.2) is 0 Å². The Morgan fingerprint density at radius 3 is 2.17 bits per heavy atom. The summed E-state index contributed by atoms with van der Waals surface area (Å²) in [6, 6.07) is 0. The molecule has 0 N–H and O–H groups in total. The van der Waals surface area contributed by atoms with E-state index in [1.807, 2.05) is 0 Å². The normalized spacial score (nSPS) is 33.5. The molecule has 2 rings (SSSR count). The summed E-state index contributed by atoms with van der Waals surface area (Å²) >= 11 is 0. The van der Waals surface area contributed by atoms with Gasteiger partial charge in [-0.05, 0) is 50.5 Å². The molecule has 0 aromatic heterocycles. The van der Waals surface area contributed by atoms with Gasteiger partial charge in [0, 0.05) is 32.7 Å². The monoisotopic (exact) mass is 252 g/mol. The van der Waals surface area contributed by atoms with Gasteiger partial charge in [-0.3, -0.25) is 0 Å². The van der Waals surface area contributed by atoms with Crippen molar-refractivity contribution in [2.24, 2.45) is 17.8 Å². The molecule has 106 valence electrons. The van der Waals surface area contributed by atoms with Crippen LogP contribution in [0, 0.1) is 17.8 Å². The van der Waals surface area contributed by atoms with Gasteiger partial charge in [-0.25, -0.2) is 0 Å². The fourth-order valence-electron chi connectivity index (χ4n) is 3.67. The molecular formula is C16H32N2. The number of hydrogen-bond acceptors (Lipinski definition) is 2. The number of piperazine rings is 1. The van der Waals surface area contributed by atoms with E-state index in [0.717, 1.165) is 17.8 Å². The first-order chi connectivity index (χ1) is 8.69. The number of hydrogen-bond donors (Lipinski definition) is 0. The Bertz CT molecular complexity index is 225. The molecule has 0 aromatic rings. The number of likely N-dealkylation sites (N-methyl/N-ethyl adjacent to an activating group) is 1. The third kappa shape index (κ3) is 3.96. The van der Waals surface area contributed by atoms with E-state index < -0.39 is 0 Å². The van der Waals surface area contributed by atoms with Crippen LogP contribution in [0.3, 0.4) is 0 Å². The Kier molecular flexibility index (Phi) is 5.50. The lowest BCUT2D eigenvalue weighted by atomic mass is 9.75. The van der Waals surface area contributed by atoms with Crippen LogP contribution < -0.4 is 0 Å². The second-order valence-corrected chi connectivity index (χ2v) is 6.77. The van der Waals surface area contributed by atoms with Crippen molar-refractivity contribution in [2.45, 2.75) is 46.0 Å². The Morgan fingerprint density at radius 2 is 1.61 bits per heavy atom. The largest absolute Gasteiger partial charge is 0.304 e. The highest BCUT2D eigenvalue weighted by molar-refractivity contribution is 4.79. The van der Waals surface area contributed by atoms with Crippen molar-refractivity contribution in [3.05, 3.63) is 0 Å². The second kappa shape index (κ2) is 6.91. The van der Waals surface area contributed by atoms with Crippen LogP contribution in [0.2, 0.25) is 0 Å². The van der Waals surface area contributed by atoms with Gasteiger partial charge in [0.15, 0.2) is 0 Å². The van der Waals surface area contributed by atoms with Gasteiger partial charge in [0.2, 0.25) is 0 Å². The lowest BCUT2D eigenvalue weighted by molar-refractivity contribution is 0.112. The van der Waals surface area contributed by atoms with Crippen molar-refractivity contribution in [1.29, 1.82) is 0 Å². The van der Waals surface area contributed by atoms with Crippen molar-refractivity contribution in [1.82, 2.24) is 9.80 Å². The van der Waals surface area contributed by atoms with E-state index in [4.69, 9.17) is 0 Å². The molecule has 0 spiro atoms. The predicted molar refractivity (Wildman–Crippen MR) is 78.8 cm³/mol. The van der Waals surface area contributed by atoms with E-state index in [1.165, 1.54) is 64.8 Å². The van der Waals surface area contributed by atoms with Crippen LogP contribution in [-0.2, 0) is 0 Å². The topological polar surface area (TPSA) is 6.48 Å². The first-order valence-corrected chi connectivity index (χ1v) is 8.10. The molecule has 0 bridgehead atoms. The highest BCUT2D eigenvalue weighted by Crippen LogP contribution is 2.34. The van der Waals surface area contributed by atoms with Gasteiger partial charge >= 0.3 is 0 Å². The Labute approximate surface area is 114 Å². The maximum absolute atomic E-state index is 2.70. The maximum Gasteiger partial charge on any atom is 0.0110 e.